The lowest BCUT2D eigenvalue weighted by molar-refractivity contribution is 0.0457. The van der Waals surface area contributed by atoms with Crippen LogP contribution >= 0.6 is 0 Å². The van der Waals surface area contributed by atoms with E-state index in [2.05, 4.69) is 13.8 Å². The summed E-state index contributed by atoms with van der Waals surface area (Å²) in [5.74, 6) is -0.373. The van der Waals surface area contributed by atoms with Crippen molar-refractivity contribution in [2.75, 3.05) is 0 Å². The van der Waals surface area contributed by atoms with Gasteiger partial charge in [0.15, 0.2) is 0 Å². The average Bonchev–Trinajstić information content (AvgIpc) is 2.69. The minimum Gasteiger partial charge on any atom is -0.374 e. The van der Waals surface area contributed by atoms with Crippen molar-refractivity contribution in [3.05, 3.63) is 35.1 Å². The first-order chi connectivity index (χ1) is 13.7. The summed E-state index contributed by atoms with van der Waals surface area (Å²) in [7, 11) is 0. The molecule has 0 amide bonds. The van der Waals surface area contributed by atoms with Crippen molar-refractivity contribution in [2.45, 2.75) is 116 Å². The maximum atomic E-state index is 13.4. The van der Waals surface area contributed by atoms with E-state index >= 15 is 0 Å². The van der Waals surface area contributed by atoms with Crippen LogP contribution in [-0.4, -0.2) is 6.10 Å². The van der Waals surface area contributed by atoms with Gasteiger partial charge in [0.2, 0.25) is 0 Å². The molecule has 0 fully saturated rings. The van der Waals surface area contributed by atoms with Crippen molar-refractivity contribution in [3.63, 3.8) is 0 Å². The fourth-order valence-corrected chi connectivity index (χ4v) is 3.57. The summed E-state index contributed by atoms with van der Waals surface area (Å²) in [5, 5.41) is 8.89. The molecule has 0 bridgehead atoms. The maximum absolute atomic E-state index is 13.4. The summed E-state index contributed by atoms with van der Waals surface area (Å²) >= 11 is 0. The number of nitriles is 1. The Kier molecular flexibility index (Phi) is 14.6. The van der Waals surface area contributed by atoms with Crippen LogP contribution in [0, 0.1) is 17.1 Å². The predicted molar refractivity (Wildman–Crippen MR) is 116 cm³/mol. The lowest BCUT2D eigenvalue weighted by atomic mass is 10.0. The molecular weight excluding hydrogens is 349 g/mol. The van der Waals surface area contributed by atoms with Crippen molar-refractivity contribution >= 4 is 0 Å². The van der Waals surface area contributed by atoms with Crippen molar-refractivity contribution in [1.29, 1.82) is 5.26 Å². The first-order valence-electron chi connectivity index (χ1n) is 11.5. The lowest BCUT2D eigenvalue weighted by Crippen LogP contribution is -2.08. The molecule has 0 aliphatic carbocycles. The van der Waals surface area contributed by atoms with Crippen LogP contribution < -0.4 is 0 Å². The molecule has 1 atom stereocenters. The number of nitrogens with zero attached hydrogens (tertiary/aromatic N) is 1. The molecule has 0 aromatic heterocycles. The number of rotatable bonds is 17. The molecule has 1 rings (SSSR count). The van der Waals surface area contributed by atoms with Gasteiger partial charge in [0.05, 0.1) is 24.3 Å². The van der Waals surface area contributed by atoms with E-state index in [4.69, 9.17) is 10.00 Å². The van der Waals surface area contributed by atoms with Gasteiger partial charge in [0, 0.05) is 0 Å². The number of benzene rings is 1. The minimum absolute atomic E-state index is 0.168. The molecule has 0 saturated carbocycles. The monoisotopic (exact) mass is 389 g/mol. The number of halogens is 1. The van der Waals surface area contributed by atoms with Crippen LogP contribution in [0.5, 0.6) is 0 Å². The first-order valence-corrected chi connectivity index (χ1v) is 11.5. The summed E-state index contributed by atoms with van der Waals surface area (Å²) in [6.45, 7) is 4.71. The van der Waals surface area contributed by atoms with Crippen LogP contribution in [0.25, 0.3) is 0 Å². The fraction of sp³-hybridized carbons (Fsp3) is 0.720. The number of ether oxygens (including phenoxy) is 1. The van der Waals surface area contributed by atoms with Gasteiger partial charge in [0.1, 0.15) is 5.82 Å². The van der Waals surface area contributed by atoms with Crippen LogP contribution in [-0.2, 0) is 11.3 Å². The summed E-state index contributed by atoms with van der Waals surface area (Å²) in [5.41, 5.74) is 1.08. The molecule has 1 aromatic carbocycles. The van der Waals surface area contributed by atoms with E-state index in [1.165, 1.54) is 95.6 Å². The second-order valence-electron chi connectivity index (χ2n) is 8.11. The van der Waals surface area contributed by atoms with Gasteiger partial charge in [0.25, 0.3) is 0 Å². The molecule has 0 saturated heterocycles. The maximum Gasteiger partial charge on any atom is 0.124 e. The molecule has 28 heavy (non-hydrogen) atoms. The van der Waals surface area contributed by atoms with Crippen LogP contribution in [0.15, 0.2) is 18.2 Å². The van der Waals surface area contributed by atoms with E-state index in [0.29, 0.717) is 12.2 Å². The second-order valence-corrected chi connectivity index (χ2v) is 8.11. The third-order valence-electron chi connectivity index (χ3n) is 5.34. The summed E-state index contributed by atoms with van der Waals surface area (Å²) in [4.78, 5) is 0. The van der Waals surface area contributed by atoms with Gasteiger partial charge in [-0.05, 0) is 37.1 Å². The molecule has 0 aliphatic heterocycles. The number of unbranched alkanes of at least 4 members (excludes halogenated alkanes) is 12. The van der Waals surface area contributed by atoms with Crippen molar-refractivity contribution < 1.29 is 9.13 Å². The van der Waals surface area contributed by atoms with Crippen LogP contribution in [0.2, 0.25) is 0 Å². The quantitative estimate of drug-likeness (QED) is 0.252. The topological polar surface area (TPSA) is 33.0 Å². The summed E-state index contributed by atoms with van der Waals surface area (Å²) < 4.78 is 19.2. The standard InChI is InChI=1S/C25H40FNO/c1-3-4-5-6-7-8-9-10-11-12-13-14-15-16-22(2)28-21-24-17-23(20-27)18-25(26)19-24/h17-19,22H,3-16,21H2,1-2H3. The average molecular weight is 390 g/mol. The Bertz CT molecular complexity index is 552. The molecule has 1 aromatic rings. The van der Waals surface area contributed by atoms with Gasteiger partial charge in [-0.2, -0.15) is 5.26 Å². The zero-order valence-corrected chi connectivity index (χ0v) is 18.1. The highest BCUT2D eigenvalue weighted by atomic mass is 19.1. The van der Waals surface area contributed by atoms with Gasteiger partial charge < -0.3 is 4.74 Å². The third-order valence-corrected chi connectivity index (χ3v) is 5.34. The Labute approximate surface area is 172 Å². The zero-order chi connectivity index (χ0) is 20.5. The Hall–Kier alpha value is -1.40. The lowest BCUT2D eigenvalue weighted by Gasteiger charge is -2.13. The number of hydrogen-bond acceptors (Lipinski definition) is 2. The summed E-state index contributed by atoms with van der Waals surface area (Å²) in [6, 6.07) is 6.37. The molecule has 0 heterocycles. The summed E-state index contributed by atoms with van der Waals surface area (Å²) in [6.07, 6.45) is 18.9. The molecule has 0 aliphatic rings. The molecule has 3 heteroatoms. The highest BCUT2D eigenvalue weighted by Crippen LogP contribution is 2.15. The molecular formula is C25H40FNO. The fourth-order valence-electron chi connectivity index (χ4n) is 3.57. The number of hydrogen-bond donors (Lipinski definition) is 0. The highest BCUT2D eigenvalue weighted by molar-refractivity contribution is 5.33. The van der Waals surface area contributed by atoms with E-state index in [9.17, 15) is 4.39 Å². The molecule has 0 spiro atoms. The molecule has 1 unspecified atom stereocenters. The Morgan fingerprint density at radius 3 is 1.93 bits per heavy atom. The largest absolute Gasteiger partial charge is 0.374 e. The van der Waals surface area contributed by atoms with E-state index in [1.54, 1.807) is 6.07 Å². The predicted octanol–water partition coefficient (Wildman–Crippen LogP) is 8.08. The van der Waals surface area contributed by atoms with Gasteiger partial charge in [-0.15, -0.1) is 0 Å². The normalized spacial score (nSPS) is 12.1. The van der Waals surface area contributed by atoms with Gasteiger partial charge >= 0.3 is 0 Å². The molecule has 0 radical (unpaired) electrons. The minimum atomic E-state index is -0.373. The van der Waals surface area contributed by atoms with Crippen molar-refractivity contribution in [2.24, 2.45) is 0 Å². The molecule has 2 nitrogen and oxygen atoms in total. The Morgan fingerprint density at radius 2 is 1.39 bits per heavy atom. The zero-order valence-electron chi connectivity index (χ0n) is 18.1. The van der Waals surface area contributed by atoms with Crippen LogP contribution in [0.1, 0.15) is 115 Å². The molecule has 158 valence electrons. The van der Waals surface area contributed by atoms with E-state index in [0.717, 1.165) is 12.0 Å². The van der Waals surface area contributed by atoms with E-state index in [-0.39, 0.29) is 11.9 Å². The van der Waals surface area contributed by atoms with Gasteiger partial charge in [-0.25, -0.2) is 4.39 Å². The molecule has 0 N–H and O–H groups in total. The van der Waals surface area contributed by atoms with Crippen molar-refractivity contribution in [1.82, 2.24) is 0 Å². The SMILES string of the molecule is CCCCCCCCCCCCCCCC(C)OCc1cc(F)cc(C#N)c1. The van der Waals surface area contributed by atoms with Crippen LogP contribution in [0.4, 0.5) is 4.39 Å². The second kappa shape index (κ2) is 16.5. The third kappa shape index (κ3) is 12.9. The van der Waals surface area contributed by atoms with E-state index in [1.807, 2.05) is 6.07 Å². The smallest absolute Gasteiger partial charge is 0.124 e. The van der Waals surface area contributed by atoms with Gasteiger partial charge in [-0.3, -0.25) is 0 Å². The van der Waals surface area contributed by atoms with Gasteiger partial charge in [-0.1, -0.05) is 90.4 Å². The Balaban J connectivity index is 1.94. The van der Waals surface area contributed by atoms with E-state index < -0.39 is 0 Å². The van der Waals surface area contributed by atoms with Crippen LogP contribution in [0.3, 0.4) is 0 Å². The Morgan fingerprint density at radius 1 is 0.857 bits per heavy atom. The highest BCUT2D eigenvalue weighted by Gasteiger charge is 2.05. The van der Waals surface area contributed by atoms with Crippen molar-refractivity contribution in [3.8, 4) is 6.07 Å². The first kappa shape index (κ1) is 24.6.